The molecule has 0 bridgehead atoms. The molecular weight excluding hydrogens is 344 g/mol. The normalized spacial score (nSPS) is 20.7. The van der Waals surface area contributed by atoms with E-state index in [0.29, 0.717) is 29.8 Å². The maximum Gasteiger partial charge on any atom is 0.332 e. The van der Waals surface area contributed by atoms with Crippen molar-refractivity contribution in [2.75, 3.05) is 5.32 Å². The van der Waals surface area contributed by atoms with Crippen LogP contribution < -0.4 is 16.6 Å². The molecule has 0 unspecified atom stereocenters. The summed E-state index contributed by atoms with van der Waals surface area (Å²) < 4.78 is 2.53. The molecule has 2 aliphatic rings. The molecule has 2 aromatic heterocycles. The quantitative estimate of drug-likeness (QED) is 0.830. The van der Waals surface area contributed by atoms with Crippen LogP contribution in [-0.2, 0) is 18.9 Å². The maximum atomic E-state index is 13.1. The van der Waals surface area contributed by atoms with Crippen LogP contribution in [0.25, 0.3) is 0 Å². The SMILES string of the molecule is Cn1c2c(c(=O)n(C)c1=O)[C@H](c1cccnc1)C1=C(CC(C)(C)CC1=O)N2. The van der Waals surface area contributed by atoms with Gasteiger partial charge in [-0.25, -0.2) is 4.79 Å². The monoisotopic (exact) mass is 366 g/mol. The molecule has 1 atom stereocenters. The number of hydrogen-bond acceptors (Lipinski definition) is 5. The van der Waals surface area contributed by atoms with Gasteiger partial charge in [0.25, 0.3) is 5.56 Å². The van der Waals surface area contributed by atoms with Gasteiger partial charge in [0.15, 0.2) is 5.78 Å². The Morgan fingerprint density at radius 1 is 1.15 bits per heavy atom. The molecule has 7 heteroatoms. The van der Waals surface area contributed by atoms with Crippen LogP contribution in [0.3, 0.4) is 0 Å². The second-order valence-corrected chi connectivity index (χ2v) is 8.15. The summed E-state index contributed by atoms with van der Waals surface area (Å²) >= 11 is 0. The molecular formula is C20H22N4O3. The first kappa shape index (κ1) is 17.5. The van der Waals surface area contributed by atoms with E-state index in [2.05, 4.69) is 10.3 Å². The minimum atomic E-state index is -0.529. The first-order chi connectivity index (χ1) is 12.7. The van der Waals surface area contributed by atoms with E-state index >= 15 is 0 Å². The van der Waals surface area contributed by atoms with Crippen molar-refractivity contribution >= 4 is 11.6 Å². The van der Waals surface area contributed by atoms with Gasteiger partial charge in [-0.3, -0.25) is 23.7 Å². The molecule has 140 valence electrons. The van der Waals surface area contributed by atoms with Crippen LogP contribution in [0.1, 0.15) is 43.7 Å². The van der Waals surface area contributed by atoms with Gasteiger partial charge in [-0.15, -0.1) is 0 Å². The summed E-state index contributed by atoms with van der Waals surface area (Å²) in [4.78, 5) is 42.8. The van der Waals surface area contributed by atoms with Crippen molar-refractivity contribution in [3.63, 3.8) is 0 Å². The van der Waals surface area contributed by atoms with Crippen LogP contribution in [-0.4, -0.2) is 19.9 Å². The van der Waals surface area contributed by atoms with E-state index in [1.807, 2.05) is 19.9 Å². The Morgan fingerprint density at radius 3 is 2.56 bits per heavy atom. The number of aromatic nitrogens is 3. The smallest absolute Gasteiger partial charge is 0.332 e. The Morgan fingerprint density at radius 2 is 1.89 bits per heavy atom. The van der Waals surface area contributed by atoms with Crippen molar-refractivity contribution in [3.8, 4) is 0 Å². The minimum Gasteiger partial charge on any atom is -0.344 e. The van der Waals surface area contributed by atoms with Crippen molar-refractivity contribution < 1.29 is 4.79 Å². The summed E-state index contributed by atoms with van der Waals surface area (Å²) in [5.41, 5.74) is 1.63. The first-order valence-corrected chi connectivity index (χ1v) is 8.94. The number of ketones is 1. The lowest BCUT2D eigenvalue weighted by Gasteiger charge is -2.39. The fraction of sp³-hybridized carbons (Fsp3) is 0.400. The number of allylic oxidation sites excluding steroid dienone is 2. The Kier molecular flexibility index (Phi) is 3.73. The van der Waals surface area contributed by atoms with E-state index < -0.39 is 17.2 Å². The molecule has 0 aromatic carbocycles. The highest BCUT2D eigenvalue weighted by atomic mass is 16.2. The van der Waals surface area contributed by atoms with Crippen molar-refractivity contribution in [3.05, 3.63) is 67.8 Å². The summed E-state index contributed by atoms with van der Waals surface area (Å²) in [7, 11) is 3.09. The number of rotatable bonds is 1. The third kappa shape index (κ3) is 2.57. The zero-order valence-electron chi connectivity index (χ0n) is 15.9. The Bertz CT molecular complexity index is 1110. The van der Waals surface area contributed by atoms with E-state index in [-0.39, 0.29) is 11.2 Å². The molecule has 1 aliphatic carbocycles. The average Bonchev–Trinajstić information content (AvgIpc) is 2.62. The predicted octanol–water partition coefficient (Wildman–Crippen LogP) is 1.68. The standard InChI is InChI=1S/C20H22N4O3/c1-20(2)8-12-15(13(25)9-20)14(11-6-5-7-21-10-11)16-17(22-12)23(3)19(27)24(4)18(16)26/h5-7,10,14,22H,8-9H2,1-4H3/t14-/m1/s1. The average molecular weight is 366 g/mol. The number of hydrogen-bond donors (Lipinski definition) is 1. The Balaban J connectivity index is 2.08. The van der Waals surface area contributed by atoms with E-state index in [0.717, 1.165) is 15.8 Å². The van der Waals surface area contributed by atoms with Gasteiger partial charge in [-0.2, -0.15) is 0 Å². The molecule has 7 nitrogen and oxygen atoms in total. The van der Waals surface area contributed by atoms with Crippen molar-refractivity contribution in [1.29, 1.82) is 0 Å². The second kappa shape index (κ2) is 5.77. The number of pyridine rings is 1. The number of carbonyl (C=O) groups is 1. The number of carbonyl (C=O) groups excluding carboxylic acids is 1. The highest BCUT2D eigenvalue weighted by Crippen LogP contribution is 2.47. The zero-order valence-corrected chi connectivity index (χ0v) is 15.9. The van der Waals surface area contributed by atoms with Gasteiger partial charge in [-0.05, 0) is 23.5 Å². The third-order valence-corrected chi connectivity index (χ3v) is 5.48. The van der Waals surface area contributed by atoms with Gasteiger partial charge in [-0.1, -0.05) is 19.9 Å². The van der Waals surface area contributed by atoms with Crippen LogP contribution in [0.4, 0.5) is 5.82 Å². The van der Waals surface area contributed by atoms with Crippen molar-refractivity contribution in [1.82, 2.24) is 14.1 Å². The highest BCUT2D eigenvalue weighted by Gasteiger charge is 2.42. The molecule has 3 heterocycles. The zero-order chi connectivity index (χ0) is 19.5. The maximum absolute atomic E-state index is 13.1. The third-order valence-electron chi connectivity index (χ3n) is 5.48. The molecule has 1 aliphatic heterocycles. The summed E-state index contributed by atoms with van der Waals surface area (Å²) in [6.07, 6.45) is 4.44. The number of anilines is 1. The van der Waals surface area contributed by atoms with E-state index in [1.54, 1.807) is 25.5 Å². The van der Waals surface area contributed by atoms with Crippen LogP contribution >= 0.6 is 0 Å². The van der Waals surface area contributed by atoms with E-state index in [9.17, 15) is 14.4 Å². The summed E-state index contributed by atoms with van der Waals surface area (Å²) in [5.74, 6) is -0.0376. The minimum absolute atomic E-state index is 0.0316. The van der Waals surface area contributed by atoms with E-state index in [1.165, 1.54) is 11.6 Å². The van der Waals surface area contributed by atoms with Crippen LogP contribution in [0.15, 0.2) is 45.4 Å². The van der Waals surface area contributed by atoms with Gasteiger partial charge >= 0.3 is 5.69 Å². The molecule has 0 saturated heterocycles. The molecule has 1 N–H and O–H groups in total. The lowest BCUT2D eigenvalue weighted by Crippen LogP contribution is -2.45. The van der Waals surface area contributed by atoms with Gasteiger partial charge in [0.05, 0.1) is 5.56 Å². The topological polar surface area (TPSA) is 86.0 Å². The summed E-state index contributed by atoms with van der Waals surface area (Å²) in [6.45, 7) is 4.10. The fourth-order valence-corrected chi connectivity index (χ4v) is 4.23. The molecule has 4 rings (SSSR count). The van der Waals surface area contributed by atoms with Crippen molar-refractivity contribution in [2.24, 2.45) is 19.5 Å². The molecule has 0 spiro atoms. The predicted molar refractivity (Wildman–Crippen MR) is 102 cm³/mol. The molecule has 0 amide bonds. The van der Waals surface area contributed by atoms with Crippen molar-refractivity contribution in [2.45, 2.75) is 32.6 Å². The Hall–Kier alpha value is -2.96. The molecule has 0 radical (unpaired) electrons. The number of fused-ring (bicyclic) bond motifs is 1. The lowest BCUT2D eigenvalue weighted by atomic mass is 9.69. The number of nitrogens with one attached hydrogen (secondary N) is 1. The Labute approximate surface area is 156 Å². The highest BCUT2D eigenvalue weighted by molar-refractivity contribution is 6.01. The van der Waals surface area contributed by atoms with Crippen LogP contribution in [0.2, 0.25) is 0 Å². The van der Waals surface area contributed by atoms with Gasteiger partial charge in [0.1, 0.15) is 5.82 Å². The lowest BCUT2D eigenvalue weighted by molar-refractivity contribution is -0.118. The van der Waals surface area contributed by atoms with E-state index in [4.69, 9.17) is 0 Å². The number of Topliss-reactive ketones (excluding diaryl/α,β-unsaturated/α-hetero) is 1. The summed E-state index contributed by atoms with van der Waals surface area (Å²) in [5, 5.41) is 3.25. The second-order valence-electron chi connectivity index (χ2n) is 8.15. The van der Waals surface area contributed by atoms with Crippen LogP contribution in [0, 0.1) is 5.41 Å². The molecule has 2 aromatic rings. The fourth-order valence-electron chi connectivity index (χ4n) is 4.23. The summed E-state index contributed by atoms with van der Waals surface area (Å²) in [6, 6.07) is 3.66. The van der Waals surface area contributed by atoms with Gasteiger partial charge < -0.3 is 5.32 Å². The molecule has 27 heavy (non-hydrogen) atoms. The number of nitrogens with zero attached hydrogens (tertiary/aromatic N) is 3. The van der Waals surface area contributed by atoms with Gasteiger partial charge in [0.2, 0.25) is 0 Å². The van der Waals surface area contributed by atoms with Gasteiger partial charge in [0, 0.05) is 50.1 Å². The first-order valence-electron chi connectivity index (χ1n) is 8.94. The largest absolute Gasteiger partial charge is 0.344 e. The van der Waals surface area contributed by atoms with Crippen LogP contribution in [0.5, 0.6) is 0 Å². The molecule has 0 fully saturated rings. The molecule has 0 saturated carbocycles.